The second kappa shape index (κ2) is 5.25. The van der Waals surface area contributed by atoms with Crippen molar-refractivity contribution in [2.75, 3.05) is 5.48 Å². The van der Waals surface area contributed by atoms with E-state index in [1.165, 1.54) is 12.1 Å². The molecule has 0 saturated heterocycles. The molecule has 4 rings (SSSR count). The molecule has 4 aromatic rings. The molecular formula is C16H11NO7S2. The van der Waals surface area contributed by atoms with Gasteiger partial charge in [0.1, 0.15) is 9.79 Å². The minimum absolute atomic E-state index is 0.0848. The average Bonchev–Trinajstić information content (AvgIpc) is 2.56. The monoisotopic (exact) mass is 393 g/mol. The van der Waals surface area contributed by atoms with Crippen LogP contribution in [0.1, 0.15) is 0 Å². The maximum atomic E-state index is 12.0. The first-order chi connectivity index (χ1) is 12.1. The number of benzene rings is 4. The van der Waals surface area contributed by atoms with Crippen LogP contribution in [0.25, 0.3) is 32.3 Å². The molecule has 0 heterocycles. The molecule has 0 atom stereocenters. The number of hydrogen-bond donors (Lipinski definition) is 4. The Morgan fingerprint density at radius 2 is 1.23 bits per heavy atom. The fourth-order valence-electron chi connectivity index (χ4n) is 3.45. The third-order valence-electron chi connectivity index (χ3n) is 4.35. The lowest BCUT2D eigenvalue weighted by atomic mass is 9.93. The predicted molar refractivity (Wildman–Crippen MR) is 95.2 cm³/mol. The molecule has 0 fully saturated rings. The van der Waals surface area contributed by atoms with E-state index >= 15 is 0 Å². The van der Waals surface area contributed by atoms with Gasteiger partial charge in [-0.15, -0.1) is 0 Å². The fraction of sp³-hybridized carbons (Fsp3) is 0. The van der Waals surface area contributed by atoms with Gasteiger partial charge < -0.3 is 0 Å². The van der Waals surface area contributed by atoms with Gasteiger partial charge in [-0.3, -0.25) is 19.8 Å². The van der Waals surface area contributed by atoms with Crippen molar-refractivity contribution in [2.24, 2.45) is 0 Å². The first-order valence-electron chi connectivity index (χ1n) is 7.23. The summed E-state index contributed by atoms with van der Waals surface area (Å²) in [6.45, 7) is 0. The maximum absolute atomic E-state index is 12.0. The summed E-state index contributed by atoms with van der Waals surface area (Å²) in [7, 11) is -10.2. The Balaban J connectivity index is 2.48. The Bertz CT molecular complexity index is 1390. The van der Waals surface area contributed by atoms with Crippen molar-refractivity contribution in [1.82, 2.24) is 0 Å². The smallest absolute Gasteiger partial charge is 0.291 e. The molecule has 0 aliphatic rings. The summed E-state index contributed by atoms with van der Waals surface area (Å²) >= 11 is 0. The van der Waals surface area contributed by atoms with E-state index in [9.17, 15) is 31.1 Å². The van der Waals surface area contributed by atoms with Crippen molar-refractivity contribution in [3.8, 4) is 0 Å². The van der Waals surface area contributed by atoms with Gasteiger partial charge in [0.15, 0.2) is 0 Å². The minimum atomic E-state index is -5.11. The van der Waals surface area contributed by atoms with E-state index < -0.39 is 35.7 Å². The highest BCUT2D eigenvalue weighted by Gasteiger charge is 2.32. The Morgan fingerprint density at radius 3 is 1.73 bits per heavy atom. The predicted octanol–water partition coefficient (Wildman–Crippen LogP) is 2.88. The van der Waals surface area contributed by atoms with Crippen LogP contribution in [0.5, 0.6) is 0 Å². The Hall–Kier alpha value is -2.50. The normalized spacial score (nSPS) is 13.0. The average molecular weight is 393 g/mol. The van der Waals surface area contributed by atoms with E-state index in [1.807, 2.05) is 0 Å². The number of rotatable bonds is 3. The summed E-state index contributed by atoms with van der Waals surface area (Å²) in [6, 6.07) is 11.5. The lowest BCUT2D eigenvalue weighted by Gasteiger charge is -2.18. The summed E-state index contributed by atoms with van der Waals surface area (Å²) < 4.78 is 67.0. The van der Waals surface area contributed by atoms with Crippen molar-refractivity contribution < 1.29 is 31.1 Å². The standard InChI is InChI=1S/C16H11NO7S2/c18-17-14-10-6-4-8-2-1-3-9-5-7-11(13(10)12(8)9)15(25(19,20)21)16(14)26(22,23)24/h1-7,17-18H,(H,19,20,21)(H,22,23,24). The largest absolute Gasteiger partial charge is 0.298 e. The molecule has 0 saturated carbocycles. The first-order valence-corrected chi connectivity index (χ1v) is 10.1. The summed E-state index contributed by atoms with van der Waals surface area (Å²) in [5.41, 5.74) is 1.12. The van der Waals surface area contributed by atoms with Gasteiger partial charge in [0.2, 0.25) is 0 Å². The first kappa shape index (κ1) is 16.9. The molecular weight excluding hydrogens is 382 g/mol. The van der Waals surface area contributed by atoms with Crippen LogP contribution in [0, 0.1) is 0 Å². The summed E-state index contributed by atoms with van der Waals surface area (Å²) in [6.07, 6.45) is 0. The van der Waals surface area contributed by atoms with E-state index in [-0.39, 0.29) is 10.8 Å². The third kappa shape index (κ3) is 2.24. The molecule has 0 amide bonds. The second-order valence-electron chi connectivity index (χ2n) is 5.78. The van der Waals surface area contributed by atoms with Crippen LogP contribution in [0.3, 0.4) is 0 Å². The van der Waals surface area contributed by atoms with Crippen LogP contribution >= 0.6 is 0 Å². The van der Waals surface area contributed by atoms with Gasteiger partial charge in [0.25, 0.3) is 20.2 Å². The summed E-state index contributed by atoms with van der Waals surface area (Å²) in [4.78, 5) is -2.12. The van der Waals surface area contributed by atoms with Crippen LogP contribution in [0.15, 0.2) is 52.3 Å². The van der Waals surface area contributed by atoms with Gasteiger partial charge in [0.05, 0.1) is 5.69 Å². The lowest BCUT2D eigenvalue weighted by Crippen LogP contribution is -2.13. The van der Waals surface area contributed by atoms with Crippen molar-refractivity contribution in [1.29, 1.82) is 0 Å². The molecule has 10 heteroatoms. The molecule has 0 aliphatic carbocycles. The molecule has 134 valence electrons. The highest BCUT2D eigenvalue weighted by Crippen LogP contribution is 2.44. The highest BCUT2D eigenvalue weighted by atomic mass is 32.2. The van der Waals surface area contributed by atoms with Gasteiger partial charge in [-0.25, -0.2) is 0 Å². The fourth-order valence-corrected chi connectivity index (χ4v) is 5.63. The summed E-state index contributed by atoms with van der Waals surface area (Å²) in [5, 5.41) is 12.1. The van der Waals surface area contributed by atoms with Gasteiger partial charge in [-0.1, -0.05) is 42.5 Å². The van der Waals surface area contributed by atoms with E-state index in [2.05, 4.69) is 0 Å². The molecule has 4 N–H and O–H groups in total. The molecule has 8 nitrogen and oxygen atoms in total. The van der Waals surface area contributed by atoms with Crippen LogP contribution in [-0.4, -0.2) is 31.1 Å². The quantitative estimate of drug-likeness (QED) is 0.236. The molecule has 0 bridgehead atoms. The van der Waals surface area contributed by atoms with Gasteiger partial charge in [-0.2, -0.15) is 16.8 Å². The van der Waals surface area contributed by atoms with Crippen molar-refractivity contribution in [2.45, 2.75) is 9.79 Å². The summed E-state index contributed by atoms with van der Waals surface area (Å²) in [5.74, 6) is 0. The molecule has 4 aromatic carbocycles. The SMILES string of the molecule is O=S(=O)(O)c1c(NO)c2ccc3cccc4ccc(c1S(=O)(=O)O)c2c34. The molecule has 0 aromatic heterocycles. The highest BCUT2D eigenvalue weighted by molar-refractivity contribution is 7.89. The van der Waals surface area contributed by atoms with E-state index in [1.54, 1.807) is 35.8 Å². The van der Waals surface area contributed by atoms with Crippen molar-refractivity contribution in [3.05, 3.63) is 42.5 Å². The number of nitrogens with one attached hydrogen (secondary N) is 1. The molecule has 0 radical (unpaired) electrons. The lowest BCUT2D eigenvalue weighted by molar-refractivity contribution is 0.386. The van der Waals surface area contributed by atoms with Gasteiger partial charge in [-0.05, 0) is 16.2 Å². The molecule has 0 spiro atoms. The van der Waals surface area contributed by atoms with Crippen LogP contribution in [0.2, 0.25) is 0 Å². The Kier molecular flexibility index (Phi) is 3.42. The van der Waals surface area contributed by atoms with E-state index in [0.717, 1.165) is 10.8 Å². The van der Waals surface area contributed by atoms with Gasteiger partial charge in [0, 0.05) is 16.2 Å². The second-order valence-corrected chi connectivity index (χ2v) is 8.49. The molecule has 0 aliphatic heterocycles. The molecule has 0 unspecified atom stereocenters. The zero-order chi connectivity index (χ0) is 18.9. The minimum Gasteiger partial charge on any atom is -0.291 e. The van der Waals surface area contributed by atoms with Gasteiger partial charge >= 0.3 is 0 Å². The van der Waals surface area contributed by atoms with Crippen molar-refractivity contribution in [3.63, 3.8) is 0 Å². The number of hydrogen-bond acceptors (Lipinski definition) is 6. The van der Waals surface area contributed by atoms with Crippen LogP contribution in [-0.2, 0) is 20.2 Å². The zero-order valence-corrected chi connectivity index (χ0v) is 14.5. The third-order valence-corrected chi connectivity index (χ3v) is 6.34. The zero-order valence-electron chi connectivity index (χ0n) is 12.8. The van der Waals surface area contributed by atoms with E-state index in [4.69, 9.17) is 0 Å². The number of anilines is 1. The van der Waals surface area contributed by atoms with Crippen LogP contribution in [0.4, 0.5) is 5.69 Å². The Labute approximate surface area is 147 Å². The van der Waals surface area contributed by atoms with E-state index in [0.29, 0.717) is 10.8 Å². The van der Waals surface area contributed by atoms with Crippen LogP contribution < -0.4 is 5.48 Å². The van der Waals surface area contributed by atoms with Crippen molar-refractivity contribution >= 4 is 58.2 Å². The molecule has 26 heavy (non-hydrogen) atoms. The Morgan fingerprint density at radius 1 is 0.692 bits per heavy atom. The maximum Gasteiger partial charge on any atom is 0.298 e. The topological polar surface area (TPSA) is 141 Å².